The summed E-state index contributed by atoms with van der Waals surface area (Å²) in [5, 5.41) is 3.16. The average molecular weight is 362 g/mol. The molecule has 5 aliphatic rings. The third-order valence-corrected chi connectivity index (χ3v) is 7.65. The van der Waals surface area contributed by atoms with Crippen molar-refractivity contribution in [2.75, 3.05) is 26.2 Å². The van der Waals surface area contributed by atoms with Gasteiger partial charge in [-0.15, -0.1) is 0 Å². The molecule has 1 saturated heterocycles. The van der Waals surface area contributed by atoms with Crippen molar-refractivity contribution >= 4 is 11.9 Å². The van der Waals surface area contributed by atoms with Crippen LogP contribution in [0.2, 0.25) is 0 Å². The van der Waals surface area contributed by atoms with Gasteiger partial charge in [0.15, 0.2) is 0 Å². The fourth-order valence-corrected chi connectivity index (χ4v) is 6.71. The highest BCUT2D eigenvalue weighted by Crippen LogP contribution is 2.60. The fraction of sp³-hybridized carbons (Fsp3) is 0.905. The SMILES string of the molecule is CCN(CC)C(=O)NC1CCN(C(=O)C23CC4CC(CC(C4)C2)C3)CC1. The van der Waals surface area contributed by atoms with E-state index in [2.05, 4.69) is 10.2 Å². The first-order chi connectivity index (χ1) is 12.5. The quantitative estimate of drug-likeness (QED) is 0.836. The third kappa shape index (κ3) is 3.22. The minimum Gasteiger partial charge on any atom is -0.342 e. The largest absolute Gasteiger partial charge is 0.342 e. The predicted molar refractivity (Wildman–Crippen MR) is 102 cm³/mol. The number of likely N-dealkylation sites (tertiary alicyclic amines) is 1. The number of rotatable bonds is 4. The molecule has 5 heteroatoms. The second-order valence-electron chi connectivity index (χ2n) is 9.39. The van der Waals surface area contributed by atoms with E-state index in [9.17, 15) is 9.59 Å². The molecule has 5 fully saturated rings. The highest BCUT2D eigenvalue weighted by Gasteiger charge is 2.55. The van der Waals surface area contributed by atoms with Crippen LogP contribution in [-0.2, 0) is 4.79 Å². The summed E-state index contributed by atoms with van der Waals surface area (Å²) in [6.45, 7) is 7.12. The van der Waals surface area contributed by atoms with E-state index in [-0.39, 0.29) is 17.5 Å². The van der Waals surface area contributed by atoms with Crippen LogP contribution in [0.15, 0.2) is 0 Å². The van der Waals surface area contributed by atoms with Crippen molar-refractivity contribution in [1.82, 2.24) is 15.1 Å². The van der Waals surface area contributed by atoms with Gasteiger partial charge in [-0.2, -0.15) is 0 Å². The predicted octanol–water partition coefficient (Wildman–Crippen LogP) is 3.25. The molecule has 1 aliphatic heterocycles. The number of nitrogens with one attached hydrogen (secondary N) is 1. The first-order valence-corrected chi connectivity index (χ1v) is 10.9. The van der Waals surface area contributed by atoms with Gasteiger partial charge in [-0.3, -0.25) is 4.79 Å². The number of nitrogens with zero attached hydrogens (tertiary/aromatic N) is 2. The van der Waals surface area contributed by atoms with Gasteiger partial charge in [0, 0.05) is 32.2 Å². The first-order valence-electron chi connectivity index (χ1n) is 10.9. The zero-order valence-electron chi connectivity index (χ0n) is 16.5. The molecule has 1 N–H and O–H groups in total. The van der Waals surface area contributed by atoms with Crippen molar-refractivity contribution in [1.29, 1.82) is 0 Å². The molecule has 4 saturated carbocycles. The Bertz CT molecular complexity index is 514. The molecule has 0 spiro atoms. The smallest absolute Gasteiger partial charge is 0.317 e. The molecule has 146 valence electrons. The number of urea groups is 1. The number of hydrogen-bond acceptors (Lipinski definition) is 2. The Kier molecular flexibility index (Phi) is 4.91. The van der Waals surface area contributed by atoms with Crippen molar-refractivity contribution in [3.05, 3.63) is 0 Å². The zero-order valence-corrected chi connectivity index (χ0v) is 16.5. The van der Waals surface area contributed by atoms with Crippen molar-refractivity contribution < 1.29 is 9.59 Å². The summed E-state index contributed by atoms with van der Waals surface area (Å²) in [6.07, 6.45) is 9.38. The van der Waals surface area contributed by atoms with Crippen LogP contribution in [0.25, 0.3) is 0 Å². The van der Waals surface area contributed by atoms with Crippen LogP contribution in [0.4, 0.5) is 4.79 Å². The maximum absolute atomic E-state index is 13.4. The normalized spacial score (nSPS) is 36.2. The summed E-state index contributed by atoms with van der Waals surface area (Å²) >= 11 is 0. The van der Waals surface area contributed by atoms with E-state index < -0.39 is 0 Å². The van der Waals surface area contributed by atoms with Crippen molar-refractivity contribution in [3.63, 3.8) is 0 Å². The van der Waals surface area contributed by atoms with E-state index >= 15 is 0 Å². The molecule has 0 radical (unpaired) electrons. The molecule has 0 unspecified atom stereocenters. The second kappa shape index (κ2) is 7.05. The summed E-state index contributed by atoms with van der Waals surface area (Å²) in [7, 11) is 0. The minimum absolute atomic E-state index is 0.0218. The standard InChI is InChI=1S/C21H35N3O2/c1-3-23(4-2)20(26)22-18-5-7-24(8-6-18)19(25)21-12-15-9-16(13-21)11-17(10-15)14-21/h15-18H,3-14H2,1-2H3,(H,22,26). The highest BCUT2D eigenvalue weighted by atomic mass is 16.2. The van der Waals surface area contributed by atoms with Gasteiger partial charge in [-0.05, 0) is 83.0 Å². The van der Waals surface area contributed by atoms with Gasteiger partial charge in [0.1, 0.15) is 0 Å². The lowest BCUT2D eigenvalue weighted by Crippen LogP contribution is -2.57. The summed E-state index contributed by atoms with van der Waals surface area (Å²) in [5.74, 6) is 2.90. The molecule has 5 rings (SSSR count). The Hall–Kier alpha value is -1.26. The Morgan fingerprint density at radius 3 is 1.92 bits per heavy atom. The lowest BCUT2D eigenvalue weighted by molar-refractivity contribution is -0.158. The highest BCUT2D eigenvalue weighted by molar-refractivity contribution is 5.83. The topological polar surface area (TPSA) is 52.7 Å². The van der Waals surface area contributed by atoms with Crippen LogP contribution in [0, 0.1) is 23.2 Å². The average Bonchev–Trinajstić information content (AvgIpc) is 2.61. The molecule has 3 amide bonds. The molecule has 26 heavy (non-hydrogen) atoms. The van der Waals surface area contributed by atoms with E-state index in [1.807, 2.05) is 18.7 Å². The summed E-state index contributed by atoms with van der Waals surface area (Å²) in [5.41, 5.74) is -0.0218. The van der Waals surface area contributed by atoms with Crippen LogP contribution >= 0.6 is 0 Å². The molecular weight excluding hydrogens is 326 g/mol. The van der Waals surface area contributed by atoms with E-state index in [0.29, 0.717) is 5.91 Å². The number of carbonyl (C=O) groups is 2. The number of piperidine rings is 1. The lowest BCUT2D eigenvalue weighted by Gasteiger charge is -2.57. The lowest BCUT2D eigenvalue weighted by atomic mass is 9.49. The summed E-state index contributed by atoms with van der Waals surface area (Å²) in [6, 6.07) is 0.254. The molecule has 0 atom stereocenters. The van der Waals surface area contributed by atoms with Crippen molar-refractivity contribution in [2.24, 2.45) is 23.2 Å². The summed E-state index contributed by atoms with van der Waals surface area (Å²) in [4.78, 5) is 29.6. The van der Waals surface area contributed by atoms with Gasteiger partial charge in [0.05, 0.1) is 5.41 Å². The molecule has 5 nitrogen and oxygen atoms in total. The number of carbonyl (C=O) groups excluding carboxylic acids is 2. The third-order valence-electron chi connectivity index (χ3n) is 7.65. The maximum atomic E-state index is 13.4. The Balaban J connectivity index is 1.32. The van der Waals surface area contributed by atoms with E-state index in [4.69, 9.17) is 0 Å². The van der Waals surface area contributed by atoms with E-state index in [0.717, 1.165) is 76.0 Å². The van der Waals surface area contributed by atoms with Crippen molar-refractivity contribution in [3.8, 4) is 0 Å². The van der Waals surface area contributed by atoms with Crippen molar-refractivity contribution in [2.45, 2.75) is 71.3 Å². The van der Waals surface area contributed by atoms with Gasteiger partial charge < -0.3 is 15.1 Å². The Labute approximate surface area is 157 Å². The molecule has 4 aliphatic carbocycles. The monoisotopic (exact) mass is 361 g/mol. The Morgan fingerprint density at radius 2 is 1.46 bits per heavy atom. The maximum Gasteiger partial charge on any atom is 0.317 e. The molecule has 0 aromatic heterocycles. The van der Waals surface area contributed by atoms with Crippen LogP contribution in [0.5, 0.6) is 0 Å². The van der Waals surface area contributed by atoms with Gasteiger partial charge >= 0.3 is 6.03 Å². The molecule has 0 aromatic carbocycles. The van der Waals surface area contributed by atoms with E-state index in [1.165, 1.54) is 19.3 Å². The van der Waals surface area contributed by atoms with Crippen LogP contribution in [0.3, 0.4) is 0 Å². The first kappa shape index (κ1) is 18.1. The number of amides is 3. The second-order valence-corrected chi connectivity index (χ2v) is 9.39. The minimum atomic E-state index is -0.0218. The summed E-state index contributed by atoms with van der Waals surface area (Å²) < 4.78 is 0. The molecule has 0 aromatic rings. The van der Waals surface area contributed by atoms with Gasteiger partial charge in [0.25, 0.3) is 0 Å². The number of hydrogen-bond donors (Lipinski definition) is 1. The zero-order chi connectivity index (χ0) is 18.3. The van der Waals surface area contributed by atoms with Crippen LogP contribution in [0.1, 0.15) is 65.2 Å². The van der Waals surface area contributed by atoms with E-state index in [1.54, 1.807) is 0 Å². The van der Waals surface area contributed by atoms with Gasteiger partial charge in [-0.25, -0.2) is 4.79 Å². The molecule has 1 heterocycles. The Morgan fingerprint density at radius 1 is 0.962 bits per heavy atom. The fourth-order valence-electron chi connectivity index (χ4n) is 6.71. The molecule has 4 bridgehead atoms. The van der Waals surface area contributed by atoms with Gasteiger partial charge in [0.2, 0.25) is 5.91 Å². The van der Waals surface area contributed by atoms with Crippen LogP contribution in [-0.4, -0.2) is 54.0 Å². The van der Waals surface area contributed by atoms with Gasteiger partial charge in [-0.1, -0.05) is 0 Å². The molecular formula is C21H35N3O2. The van der Waals surface area contributed by atoms with Crippen LogP contribution < -0.4 is 5.32 Å².